The molecule has 2 atom stereocenters. The number of benzene rings is 2. The zero-order chi connectivity index (χ0) is 19.7. The first-order valence-electron chi connectivity index (χ1n) is 9.41. The number of halogens is 1. The van der Waals surface area contributed by atoms with Crippen LogP contribution in [0.4, 0.5) is 9.18 Å². The van der Waals surface area contributed by atoms with E-state index in [2.05, 4.69) is 16.9 Å². The molecule has 1 aliphatic heterocycles. The van der Waals surface area contributed by atoms with Crippen LogP contribution in [0.25, 0.3) is 11.1 Å². The lowest BCUT2D eigenvalue weighted by Crippen LogP contribution is -2.38. The van der Waals surface area contributed by atoms with Gasteiger partial charge in [-0.25, -0.2) is 9.18 Å². The number of nitrogens with zero attached hydrogens (tertiary/aromatic N) is 1. The number of alkyl halides is 1. The van der Waals surface area contributed by atoms with Crippen LogP contribution in [0.1, 0.15) is 29.9 Å². The minimum absolute atomic E-state index is 0.0267. The fourth-order valence-electron chi connectivity index (χ4n) is 4.23. The number of methoxy groups -OCH3 is 1. The van der Waals surface area contributed by atoms with Crippen molar-refractivity contribution >= 4 is 12.1 Å². The Morgan fingerprint density at radius 1 is 1.07 bits per heavy atom. The molecule has 146 valence electrons. The van der Waals surface area contributed by atoms with E-state index >= 15 is 0 Å². The van der Waals surface area contributed by atoms with Gasteiger partial charge < -0.3 is 14.4 Å². The minimum Gasteiger partial charge on any atom is -0.469 e. The number of esters is 1. The van der Waals surface area contributed by atoms with Crippen LogP contribution >= 0.6 is 0 Å². The summed E-state index contributed by atoms with van der Waals surface area (Å²) in [5.41, 5.74) is 4.53. The molecule has 0 unspecified atom stereocenters. The lowest BCUT2D eigenvalue weighted by atomic mass is 9.98. The Morgan fingerprint density at radius 3 is 2.29 bits per heavy atom. The zero-order valence-electron chi connectivity index (χ0n) is 15.6. The van der Waals surface area contributed by atoms with E-state index in [-0.39, 0.29) is 31.9 Å². The van der Waals surface area contributed by atoms with Crippen molar-refractivity contribution < 1.29 is 23.5 Å². The Balaban J connectivity index is 1.48. The predicted octanol–water partition coefficient (Wildman–Crippen LogP) is 3.91. The Hall–Kier alpha value is -2.89. The molecule has 28 heavy (non-hydrogen) atoms. The number of fused-ring (bicyclic) bond motifs is 3. The first-order valence-corrected chi connectivity index (χ1v) is 9.41. The second-order valence-corrected chi connectivity index (χ2v) is 7.22. The molecule has 1 heterocycles. The highest BCUT2D eigenvalue weighted by Gasteiger charge is 2.38. The molecule has 0 spiro atoms. The van der Waals surface area contributed by atoms with Gasteiger partial charge in [-0.1, -0.05) is 48.5 Å². The number of amides is 1. The minimum atomic E-state index is -1.16. The molecule has 1 fully saturated rings. The van der Waals surface area contributed by atoms with Crippen LogP contribution in [-0.2, 0) is 14.3 Å². The third-order valence-electron chi connectivity index (χ3n) is 5.56. The second kappa shape index (κ2) is 7.62. The molecule has 0 saturated carbocycles. The molecule has 1 aliphatic carbocycles. The fraction of sp³-hybridized carbons (Fsp3) is 0.364. The molecule has 4 rings (SSSR count). The number of likely N-dealkylation sites (tertiary alicyclic amines) is 1. The summed E-state index contributed by atoms with van der Waals surface area (Å²) in [6.45, 7) is 0.115. The molecule has 0 aromatic heterocycles. The zero-order valence-corrected chi connectivity index (χ0v) is 15.6. The summed E-state index contributed by atoms with van der Waals surface area (Å²) in [5.74, 6) is -0.519. The molecule has 5 nitrogen and oxygen atoms in total. The average Bonchev–Trinajstić information content (AvgIpc) is 3.24. The topological polar surface area (TPSA) is 55.8 Å². The Morgan fingerprint density at radius 2 is 1.68 bits per heavy atom. The number of hydrogen-bond acceptors (Lipinski definition) is 4. The van der Waals surface area contributed by atoms with Crippen molar-refractivity contribution in [1.29, 1.82) is 0 Å². The molecule has 2 aromatic rings. The maximum Gasteiger partial charge on any atom is 0.410 e. The van der Waals surface area contributed by atoms with Gasteiger partial charge in [0.2, 0.25) is 0 Å². The van der Waals surface area contributed by atoms with Crippen LogP contribution in [0, 0.1) is 0 Å². The molecule has 2 aromatic carbocycles. The van der Waals surface area contributed by atoms with E-state index in [0.717, 1.165) is 22.3 Å². The summed E-state index contributed by atoms with van der Waals surface area (Å²) in [6.07, 6.45) is -1.65. The summed E-state index contributed by atoms with van der Waals surface area (Å²) in [7, 11) is 1.28. The number of rotatable bonds is 4. The van der Waals surface area contributed by atoms with E-state index in [1.165, 1.54) is 12.0 Å². The number of carbonyl (C=O) groups excluding carboxylic acids is 2. The van der Waals surface area contributed by atoms with Gasteiger partial charge in [-0.3, -0.25) is 4.79 Å². The standard InChI is InChI=1S/C22H22FNO4/c1-27-21(25)11-15-10-14(23)12-24(15)22(26)28-13-20-18-8-4-2-6-16(18)17-7-3-5-9-19(17)20/h2-9,14-15,20H,10-13H2,1H3/t14-,15-/m0/s1. The highest BCUT2D eigenvalue weighted by atomic mass is 19.1. The molecule has 1 saturated heterocycles. The first-order chi connectivity index (χ1) is 13.6. The van der Waals surface area contributed by atoms with E-state index in [1.807, 2.05) is 36.4 Å². The lowest BCUT2D eigenvalue weighted by Gasteiger charge is -2.24. The Labute approximate surface area is 163 Å². The van der Waals surface area contributed by atoms with Gasteiger partial charge in [0, 0.05) is 18.4 Å². The molecule has 6 heteroatoms. The second-order valence-electron chi connectivity index (χ2n) is 7.22. The van der Waals surface area contributed by atoms with Crippen molar-refractivity contribution in [3.05, 3.63) is 59.7 Å². The first kappa shape index (κ1) is 18.5. The normalized spacial score (nSPS) is 20.6. The van der Waals surface area contributed by atoms with Gasteiger partial charge >= 0.3 is 12.1 Å². The third-order valence-corrected chi connectivity index (χ3v) is 5.56. The summed E-state index contributed by atoms with van der Waals surface area (Å²) >= 11 is 0. The summed E-state index contributed by atoms with van der Waals surface area (Å²) in [4.78, 5) is 25.5. The van der Waals surface area contributed by atoms with Crippen LogP contribution in [-0.4, -0.2) is 49.4 Å². The van der Waals surface area contributed by atoms with Crippen LogP contribution < -0.4 is 0 Å². The van der Waals surface area contributed by atoms with Crippen molar-refractivity contribution in [3.8, 4) is 11.1 Å². The largest absolute Gasteiger partial charge is 0.469 e. The van der Waals surface area contributed by atoms with E-state index in [9.17, 15) is 14.0 Å². The molecular formula is C22H22FNO4. The van der Waals surface area contributed by atoms with Crippen molar-refractivity contribution in [1.82, 2.24) is 4.90 Å². The van der Waals surface area contributed by atoms with E-state index in [1.54, 1.807) is 0 Å². The number of carbonyl (C=O) groups is 2. The van der Waals surface area contributed by atoms with Gasteiger partial charge in [-0.05, 0) is 22.3 Å². The number of hydrogen-bond donors (Lipinski definition) is 0. The average molecular weight is 383 g/mol. The van der Waals surface area contributed by atoms with E-state index in [0.29, 0.717) is 0 Å². The van der Waals surface area contributed by atoms with Gasteiger partial charge in [0.1, 0.15) is 12.8 Å². The molecule has 0 radical (unpaired) electrons. The maximum atomic E-state index is 13.9. The fourth-order valence-corrected chi connectivity index (χ4v) is 4.23. The van der Waals surface area contributed by atoms with Crippen molar-refractivity contribution in [2.75, 3.05) is 20.3 Å². The van der Waals surface area contributed by atoms with Crippen LogP contribution in [0.3, 0.4) is 0 Å². The third kappa shape index (κ3) is 3.35. The Kier molecular flexibility index (Phi) is 5.03. The van der Waals surface area contributed by atoms with E-state index < -0.39 is 24.3 Å². The number of ether oxygens (including phenoxy) is 2. The molecule has 2 aliphatic rings. The van der Waals surface area contributed by atoms with E-state index in [4.69, 9.17) is 4.74 Å². The SMILES string of the molecule is COC(=O)C[C@@H]1C[C@H](F)CN1C(=O)OCC1c2ccccc2-c2ccccc21. The summed E-state index contributed by atoms with van der Waals surface area (Å²) < 4.78 is 24.1. The van der Waals surface area contributed by atoms with Crippen LogP contribution in [0.15, 0.2) is 48.5 Å². The monoisotopic (exact) mass is 383 g/mol. The smallest absolute Gasteiger partial charge is 0.410 e. The van der Waals surface area contributed by atoms with Gasteiger partial charge in [0.15, 0.2) is 0 Å². The summed E-state index contributed by atoms with van der Waals surface area (Å²) in [5, 5.41) is 0. The molecule has 1 amide bonds. The van der Waals surface area contributed by atoms with Crippen molar-refractivity contribution in [2.24, 2.45) is 0 Å². The predicted molar refractivity (Wildman–Crippen MR) is 102 cm³/mol. The van der Waals surface area contributed by atoms with Gasteiger partial charge in [0.25, 0.3) is 0 Å². The van der Waals surface area contributed by atoms with Gasteiger partial charge in [-0.15, -0.1) is 0 Å². The van der Waals surface area contributed by atoms with Crippen molar-refractivity contribution in [2.45, 2.75) is 31.0 Å². The van der Waals surface area contributed by atoms with Gasteiger partial charge in [0.05, 0.1) is 20.1 Å². The van der Waals surface area contributed by atoms with Gasteiger partial charge in [-0.2, -0.15) is 0 Å². The molecule has 0 N–H and O–H groups in total. The highest BCUT2D eigenvalue weighted by molar-refractivity contribution is 5.79. The molecule has 0 bridgehead atoms. The quantitative estimate of drug-likeness (QED) is 0.751. The maximum absolute atomic E-state index is 13.9. The Bertz CT molecular complexity index is 854. The van der Waals surface area contributed by atoms with Crippen LogP contribution in [0.2, 0.25) is 0 Å². The van der Waals surface area contributed by atoms with Crippen LogP contribution in [0.5, 0.6) is 0 Å². The lowest BCUT2D eigenvalue weighted by molar-refractivity contribution is -0.141. The summed E-state index contributed by atoms with van der Waals surface area (Å²) in [6, 6.07) is 15.6. The highest BCUT2D eigenvalue weighted by Crippen LogP contribution is 2.44. The molecular weight excluding hydrogens is 361 g/mol. The van der Waals surface area contributed by atoms with Crippen molar-refractivity contribution in [3.63, 3.8) is 0 Å².